The van der Waals surface area contributed by atoms with Crippen molar-refractivity contribution in [2.75, 3.05) is 7.11 Å². The van der Waals surface area contributed by atoms with Gasteiger partial charge < -0.3 is 15.2 Å². The first-order chi connectivity index (χ1) is 9.21. The van der Waals surface area contributed by atoms with Gasteiger partial charge in [0, 0.05) is 0 Å². The maximum atomic E-state index is 12.4. The standard InChI is InChI=1S/C13H22N2O5/c1-7(2)9(14-12(19)20-4)10(16)8-5-6-13(3,15-8)11(17)18/h7-9,15H,5-6H2,1-4H3,(H,14,19)(H,17,18). The molecule has 3 unspecified atom stereocenters. The Morgan fingerprint density at radius 3 is 2.40 bits per heavy atom. The second-order valence-corrected chi connectivity index (χ2v) is 5.63. The van der Waals surface area contributed by atoms with Crippen molar-refractivity contribution in [3.05, 3.63) is 0 Å². The lowest BCUT2D eigenvalue weighted by molar-refractivity contribution is -0.143. The van der Waals surface area contributed by atoms with Gasteiger partial charge in [-0.05, 0) is 25.7 Å². The number of ether oxygens (including phenoxy) is 1. The third-order valence-corrected chi connectivity index (χ3v) is 3.67. The number of carboxylic acid groups (broad SMARTS) is 1. The van der Waals surface area contributed by atoms with E-state index in [0.29, 0.717) is 12.8 Å². The molecule has 114 valence electrons. The predicted molar refractivity (Wildman–Crippen MR) is 71.4 cm³/mol. The molecule has 1 heterocycles. The summed E-state index contributed by atoms with van der Waals surface area (Å²) in [6.45, 7) is 5.18. The van der Waals surface area contributed by atoms with Gasteiger partial charge in [-0.15, -0.1) is 0 Å². The van der Waals surface area contributed by atoms with Gasteiger partial charge in [0.1, 0.15) is 5.54 Å². The molecule has 0 aromatic heterocycles. The molecule has 1 saturated heterocycles. The van der Waals surface area contributed by atoms with Crippen molar-refractivity contribution in [1.82, 2.24) is 10.6 Å². The topological polar surface area (TPSA) is 105 Å². The molecule has 0 aromatic carbocycles. The maximum absolute atomic E-state index is 12.4. The van der Waals surface area contributed by atoms with Gasteiger partial charge in [0.05, 0.1) is 19.2 Å². The van der Waals surface area contributed by atoms with Gasteiger partial charge in [0.25, 0.3) is 0 Å². The Morgan fingerprint density at radius 1 is 1.40 bits per heavy atom. The smallest absolute Gasteiger partial charge is 0.407 e. The van der Waals surface area contributed by atoms with Crippen LogP contribution >= 0.6 is 0 Å². The number of hydrogen-bond donors (Lipinski definition) is 3. The third-order valence-electron chi connectivity index (χ3n) is 3.67. The fourth-order valence-electron chi connectivity index (χ4n) is 2.31. The lowest BCUT2D eigenvalue weighted by atomic mass is 9.94. The van der Waals surface area contributed by atoms with E-state index >= 15 is 0 Å². The minimum atomic E-state index is -1.09. The van der Waals surface area contributed by atoms with E-state index in [-0.39, 0.29) is 11.7 Å². The van der Waals surface area contributed by atoms with Crippen LogP contribution in [0.25, 0.3) is 0 Å². The molecule has 1 amide bonds. The number of Topliss-reactive ketones (excluding diaryl/α,β-unsaturated/α-hetero) is 1. The fourth-order valence-corrected chi connectivity index (χ4v) is 2.31. The summed E-state index contributed by atoms with van der Waals surface area (Å²) in [4.78, 5) is 34.9. The Bertz CT molecular complexity index is 410. The molecule has 0 radical (unpaired) electrons. The Hall–Kier alpha value is -1.63. The van der Waals surface area contributed by atoms with E-state index in [1.807, 2.05) is 13.8 Å². The number of aliphatic carboxylic acids is 1. The van der Waals surface area contributed by atoms with Crippen LogP contribution in [0.5, 0.6) is 0 Å². The third kappa shape index (κ3) is 3.47. The minimum Gasteiger partial charge on any atom is -0.480 e. The number of ketones is 1. The monoisotopic (exact) mass is 286 g/mol. The fraction of sp³-hybridized carbons (Fsp3) is 0.769. The van der Waals surface area contributed by atoms with Gasteiger partial charge in [0.2, 0.25) is 0 Å². The highest BCUT2D eigenvalue weighted by atomic mass is 16.5. The molecule has 1 fully saturated rings. The molecule has 1 aliphatic heterocycles. The van der Waals surface area contributed by atoms with E-state index < -0.39 is 29.7 Å². The molecular formula is C13H22N2O5. The van der Waals surface area contributed by atoms with E-state index in [0.717, 1.165) is 0 Å². The zero-order valence-electron chi connectivity index (χ0n) is 12.2. The second-order valence-electron chi connectivity index (χ2n) is 5.63. The molecule has 1 rings (SSSR count). The number of nitrogens with one attached hydrogen (secondary N) is 2. The summed E-state index contributed by atoms with van der Waals surface area (Å²) < 4.78 is 4.51. The first-order valence-corrected chi connectivity index (χ1v) is 6.60. The summed E-state index contributed by atoms with van der Waals surface area (Å²) in [5.74, 6) is -1.30. The van der Waals surface area contributed by atoms with Crippen LogP contribution in [0, 0.1) is 5.92 Å². The Labute approximate surface area is 118 Å². The van der Waals surface area contributed by atoms with Crippen LogP contribution in [-0.4, -0.2) is 47.7 Å². The van der Waals surface area contributed by atoms with E-state index in [9.17, 15) is 14.4 Å². The molecule has 3 atom stereocenters. The van der Waals surface area contributed by atoms with Crippen molar-refractivity contribution < 1.29 is 24.2 Å². The Balaban J connectivity index is 2.77. The van der Waals surface area contributed by atoms with Crippen molar-refractivity contribution in [3.63, 3.8) is 0 Å². The van der Waals surface area contributed by atoms with Crippen LogP contribution in [0.2, 0.25) is 0 Å². The van der Waals surface area contributed by atoms with Gasteiger partial charge >= 0.3 is 12.1 Å². The molecule has 20 heavy (non-hydrogen) atoms. The van der Waals surface area contributed by atoms with Gasteiger partial charge in [-0.1, -0.05) is 13.8 Å². The molecular weight excluding hydrogens is 264 g/mol. The van der Waals surface area contributed by atoms with E-state index in [1.54, 1.807) is 6.92 Å². The van der Waals surface area contributed by atoms with E-state index in [1.165, 1.54) is 7.11 Å². The Kier molecular flexibility index (Phi) is 5.10. The molecule has 0 aromatic rings. The number of rotatable bonds is 5. The van der Waals surface area contributed by atoms with Crippen LogP contribution in [0.1, 0.15) is 33.6 Å². The van der Waals surface area contributed by atoms with Gasteiger partial charge in [0.15, 0.2) is 5.78 Å². The lowest BCUT2D eigenvalue weighted by Gasteiger charge is -2.25. The lowest BCUT2D eigenvalue weighted by Crippen LogP contribution is -2.55. The first-order valence-electron chi connectivity index (χ1n) is 6.60. The maximum Gasteiger partial charge on any atom is 0.407 e. The number of hydrogen-bond acceptors (Lipinski definition) is 5. The van der Waals surface area contributed by atoms with Gasteiger partial charge in [-0.3, -0.25) is 14.9 Å². The number of methoxy groups -OCH3 is 1. The van der Waals surface area contributed by atoms with Crippen molar-refractivity contribution in [2.24, 2.45) is 5.92 Å². The first kappa shape index (κ1) is 16.4. The second kappa shape index (κ2) is 6.21. The number of alkyl carbamates (subject to hydrolysis) is 1. The highest BCUT2D eigenvalue weighted by molar-refractivity contribution is 5.93. The zero-order valence-corrected chi connectivity index (χ0v) is 12.2. The van der Waals surface area contributed by atoms with Crippen molar-refractivity contribution >= 4 is 17.8 Å². The molecule has 0 aliphatic carbocycles. The average Bonchev–Trinajstić information content (AvgIpc) is 2.78. The normalized spacial score (nSPS) is 27.1. The van der Waals surface area contributed by atoms with Gasteiger partial charge in [-0.2, -0.15) is 0 Å². The molecule has 7 heteroatoms. The van der Waals surface area contributed by atoms with Crippen molar-refractivity contribution in [2.45, 2.75) is 51.2 Å². The van der Waals surface area contributed by atoms with Crippen LogP contribution in [0.4, 0.5) is 4.79 Å². The van der Waals surface area contributed by atoms with Gasteiger partial charge in [-0.25, -0.2) is 4.79 Å². The van der Waals surface area contributed by atoms with Crippen LogP contribution in [0.15, 0.2) is 0 Å². The molecule has 3 N–H and O–H groups in total. The van der Waals surface area contributed by atoms with E-state index in [4.69, 9.17) is 5.11 Å². The SMILES string of the molecule is COC(=O)NC(C(=O)C1CCC(C)(C(=O)O)N1)C(C)C. The van der Waals surface area contributed by atoms with Crippen LogP contribution < -0.4 is 10.6 Å². The average molecular weight is 286 g/mol. The summed E-state index contributed by atoms with van der Waals surface area (Å²) in [6.07, 6.45) is 0.145. The summed E-state index contributed by atoms with van der Waals surface area (Å²) in [6, 6.07) is -1.27. The van der Waals surface area contributed by atoms with Crippen LogP contribution in [0.3, 0.4) is 0 Å². The molecule has 0 saturated carbocycles. The zero-order chi connectivity index (χ0) is 15.5. The highest BCUT2D eigenvalue weighted by Crippen LogP contribution is 2.25. The Morgan fingerprint density at radius 2 is 2.00 bits per heavy atom. The molecule has 0 spiro atoms. The summed E-state index contributed by atoms with van der Waals surface area (Å²) in [7, 11) is 1.23. The van der Waals surface area contributed by atoms with E-state index in [2.05, 4.69) is 15.4 Å². The number of carbonyl (C=O) groups is 3. The summed E-state index contributed by atoms with van der Waals surface area (Å²) in [5, 5.41) is 14.5. The summed E-state index contributed by atoms with van der Waals surface area (Å²) >= 11 is 0. The minimum absolute atomic E-state index is 0.111. The quantitative estimate of drug-likeness (QED) is 0.681. The summed E-state index contributed by atoms with van der Waals surface area (Å²) in [5.41, 5.74) is -1.09. The number of carboxylic acids is 1. The number of amides is 1. The van der Waals surface area contributed by atoms with Crippen molar-refractivity contribution in [1.29, 1.82) is 0 Å². The predicted octanol–water partition coefficient (Wildman–Crippen LogP) is 0.531. The number of carbonyl (C=O) groups excluding carboxylic acids is 2. The van der Waals surface area contributed by atoms with Crippen molar-refractivity contribution in [3.8, 4) is 0 Å². The largest absolute Gasteiger partial charge is 0.480 e. The molecule has 1 aliphatic rings. The highest BCUT2D eigenvalue weighted by Gasteiger charge is 2.45. The molecule has 0 bridgehead atoms. The molecule has 7 nitrogen and oxygen atoms in total. The van der Waals surface area contributed by atoms with Crippen LogP contribution in [-0.2, 0) is 14.3 Å².